The molecule has 4 heteroatoms. The summed E-state index contributed by atoms with van der Waals surface area (Å²) in [4.78, 5) is 10.0. The Kier molecular flexibility index (Phi) is 4.36. The largest absolute Gasteiger partial charge is 0.472 e. The molecule has 4 rings (SSSR count). The second kappa shape index (κ2) is 6.28. The highest BCUT2D eigenvalue weighted by atomic mass is 16.5. The van der Waals surface area contributed by atoms with Gasteiger partial charge in [0.25, 0.3) is 0 Å². The highest BCUT2D eigenvalue weighted by Crippen LogP contribution is 2.46. The molecular formula is C21H34N2O2. The lowest BCUT2D eigenvalue weighted by atomic mass is 9.86. The number of hydrogen-bond donors (Lipinski definition) is 0. The highest BCUT2D eigenvalue weighted by Gasteiger charge is 2.52. The molecule has 0 bridgehead atoms. The van der Waals surface area contributed by atoms with E-state index in [1.807, 2.05) is 0 Å². The number of hydrogen-bond acceptors (Lipinski definition) is 4. The standard InChI is InChI=1S/C21H34N2O2/c1-14(2)18-20(9-5-6-10-20)24-16(22-18)13-17-23-19(15(3)4)21(25-17)11-7-8-12-21/h14-15,18-19H,5-13H2,1-4H3/t18-,19-/m0/s1. The Morgan fingerprint density at radius 3 is 1.44 bits per heavy atom. The second-order valence-corrected chi connectivity index (χ2v) is 9.35. The fraction of sp³-hybridized carbons (Fsp3) is 0.905. The molecule has 0 saturated heterocycles. The third kappa shape index (κ3) is 2.90. The van der Waals surface area contributed by atoms with Crippen LogP contribution in [-0.2, 0) is 9.47 Å². The summed E-state index contributed by atoms with van der Waals surface area (Å²) in [6.45, 7) is 9.08. The van der Waals surface area contributed by atoms with Crippen LogP contribution < -0.4 is 0 Å². The van der Waals surface area contributed by atoms with Crippen molar-refractivity contribution in [2.75, 3.05) is 0 Å². The molecule has 2 atom stereocenters. The molecule has 2 aliphatic carbocycles. The molecule has 25 heavy (non-hydrogen) atoms. The monoisotopic (exact) mass is 346 g/mol. The molecule has 4 aliphatic rings. The molecule has 2 saturated carbocycles. The molecule has 140 valence electrons. The van der Waals surface area contributed by atoms with Gasteiger partial charge in [0.05, 0.1) is 18.5 Å². The summed E-state index contributed by atoms with van der Waals surface area (Å²) in [5.41, 5.74) is -0.0731. The van der Waals surface area contributed by atoms with Gasteiger partial charge in [-0.25, -0.2) is 9.98 Å². The Morgan fingerprint density at radius 1 is 0.760 bits per heavy atom. The molecule has 0 aromatic heterocycles. The summed E-state index contributed by atoms with van der Waals surface area (Å²) in [5, 5.41) is 0. The molecule has 0 aromatic rings. The van der Waals surface area contributed by atoms with Crippen LogP contribution in [-0.4, -0.2) is 35.1 Å². The predicted molar refractivity (Wildman–Crippen MR) is 101 cm³/mol. The molecule has 4 nitrogen and oxygen atoms in total. The minimum atomic E-state index is -0.0365. The molecule has 2 heterocycles. The predicted octanol–water partition coefficient (Wildman–Crippen LogP) is 4.91. The summed E-state index contributed by atoms with van der Waals surface area (Å²) in [7, 11) is 0. The van der Waals surface area contributed by atoms with Crippen molar-refractivity contribution in [2.24, 2.45) is 21.8 Å². The van der Waals surface area contributed by atoms with Crippen LogP contribution in [0.25, 0.3) is 0 Å². The average molecular weight is 347 g/mol. The smallest absolute Gasteiger partial charge is 0.193 e. The van der Waals surface area contributed by atoms with E-state index < -0.39 is 0 Å². The lowest BCUT2D eigenvalue weighted by Crippen LogP contribution is -2.41. The van der Waals surface area contributed by atoms with Crippen molar-refractivity contribution >= 4 is 11.8 Å². The molecule has 0 amide bonds. The molecular weight excluding hydrogens is 312 g/mol. The van der Waals surface area contributed by atoms with Crippen LogP contribution in [0.5, 0.6) is 0 Å². The Balaban J connectivity index is 1.50. The van der Waals surface area contributed by atoms with Crippen molar-refractivity contribution in [3.8, 4) is 0 Å². The van der Waals surface area contributed by atoms with Gasteiger partial charge in [0, 0.05) is 0 Å². The lowest BCUT2D eigenvalue weighted by molar-refractivity contribution is 0.0413. The lowest BCUT2D eigenvalue weighted by Gasteiger charge is -2.31. The molecule has 0 unspecified atom stereocenters. The summed E-state index contributed by atoms with van der Waals surface area (Å²) in [5.74, 6) is 2.78. The number of aliphatic imine (C=N–C) groups is 2. The van der Waals surface area contributed by atoms with E-state index in [0.717, 1.165) is 37.5 Å². The van der Waals surface area contributed by atoms with Gasteiger partial charge in [0.15, 0.2) is 11.8 Å². The highest BCUT2D eigenvalue weighted by molar-refractivity contribution is 5.99. The third-order valence-corrected chi connectivity index (χ3v) is 6.75. The first-order valence-electron chi connectivity index (χ1n) is 10.5. The van der Waals surface area contributed by atoms with E-state index >= 15 is 0 Å². The third-order valence-electron chi connectivity index (χ3n) is 6.75. The van der Waals surface area contributed by atoms with Gasteiger partial charge in [-0.2, -0.15) is 0 Å². The van der Waals surface area contributed by atoms with Crippen molar-refractivity contribution < 1.29 is 9.47 Å². The molecule has 0 aromatic carbocycles. The fourth-order valence-corrected chi connectivity index (χ4v) is 5.74. The Morgan fingerprint density at radius 2 is 1.12 bits per heavy atom. The summed E-state index contributed by atoms with van der Waals surface area (Å²) in [6, 6.07) is 0.599. The van der Waals surface area contributed by atoms with E-state index in [0.29, 0.717) is 30.3 Å². The van der Waals surface area contributed by atoms with Crippen LogP contribution in [0.15, 0.2) is 9.98 Å². The average Bonchev–Trinajstić information content (AvgIpc) is 3.31. The van der Waals surface area contributed by atoms with Gasteiger partial charge in [0.2, 0.25) is 0 Å². The Labute approximate surface area is 152 Å². The van der Waals surface area contributed by atoms with E-state index in [1.54, 1.807) is 0 Å². The van der Waals surface area contributed by atoms with Gasteiger partial charge in [0.1, 0.15) is 11.2 Å². The minimum absolute atomic E-state index is 0.0365. The van der Waals surface area contributed by atoms with Gasteiger partial charge >= 0.3 is 0 Å². The van der Waals surface area contributed by atoms with Crippen molar-refractivity contribution in [1.82, 2.24) is 0 Å². The van der Waals surface area contributed by atoms with Crippen molar-refractivity contribution in [2.45, 2.75) is 109 Å². The quantitative estimate of drug-likeness (QED) is 0.726. The molecule has 2 spiro atoms. The molecule has 2 fully saturated rings. The van der Waals surface area contributed by atoms with E-state index in [9.17, 15) is 0 Å². The first-order chi connectivity index (χ1) is 11.9. The molecule has 0 N–H and O–H groups in total. The zero-order valence-electron chi connectivity index (χ0n) is 16.4. The van der Waals surface area contributed by atoms with Gasteiger partial charge in [-0.05, 0) is 63.2 Å². The van der Waals surface area contributed by atoms with Crippen LogP contribution in [0.4, 0.5) is 0 Å². The maximum absolute atomic E-state index is 6.48. The number of rotatable bonds is 4. The van der Waals surface area contributed by atoms with E-state index in [2.05, 4.69) is 27.7 Å². The van der Waals surface area contributed by atoms with E-state index in [4.69, 9.17) is 19.5 Å². The first kappa shape index (κ1) is 17.4. The van der Waals surface area contributed by atoms with E-state index in [1.165, 1.54) is 25.7 Å². The summed E-state index contributed by atoms with van der Waals surface area (Å²) >= 11 is 0. The summed E-state index contributed by atoms with van der Waals surface area (Å²) < 4.78 is 13.0. The number of nitrogens with zero attached hydrogens (tertiary/aromatic N) is 2. The zero-order chi connectivity index (χ0) is 17.7. The van der Waals surface area contributed by atoms with Gasteiger partial charge in [-0.15, -0.1) is 0 Å². The van der Waals surface area contributed by atoms with Crippen molar-refractivity contribution in [3.63, 3.8) is 0 Å². The van der Waals surface area contributed by atoms with Crippen LogP contribution in [0.1, 0.15) is 85.5 Å². The maximum atomic E-state index is 6.48. The normalized spacial score (nSPS) is 32.6. The maximum Gasteiger partial charge on any atom is 0.193 e. The SMILES string of the molecule is CC(C)[C@@H]1N=C(CC2=N[C@@H](C(C)C)C3(CCCC3)O2)OC12CCCC2. The van der Waals surface area contributed by atoms with Gasteiger partial charge in [-0.1, -0.05) is 27.7 Å². The second-order valence-electron chi connectivity index (χ2n) is 9.35. The van der Waals surface area contributed by atoms with Crippen molar-refractivity contribution in [3.05, 3.63) is 0 Å². The van der Waals surface area contributed by atoms with E-state index in [-0.39, 0.29) is 11.2 Å². The Bertz CT molecular complexity index is 516. The van der Waals surface area contributed by atoms with Gasteiger partial charge in [-0.3, -0.25) is 0 Å². The number of ether oxygens (including phenoxy) is 2. The van der Waals surface area contributed by atoms with Gasteiger partial charge < -0.3 is 9.47 Å². The zero-order valence-corrected chi connectivity index (χ0v) is 16.4. The molecule has 2 aliphatic heterocycles. The van der Waals surface area contributed by atoms with Crippen LogP contribution in [0.2, 0.25) is 0 Å². The minimum Gasteiger partial charge on any atom is -0.472 e. The summed E-state index contributed by atoms with van der Waals surface area (Å²) in [6.07, 6.45) is 10.3. The fourth-order valence-electron chi connectivity index (χ4n) is 5.74. The van der Waals surface area contributed by atoms with Crippen LogP contribution >= 0.6 is 0 Å². The first-order valence-corrected chi connectivity index (χ1v) is 10.5. The van der Waals surface area contributed by atoms with Crippen molar-refractivity contribution in [1.29, 1.82) is 0 Å². The topological polar surface area (TPSA) is 43.2 Å². The van der Waals surface area contributed by atoms with Crippen LogP contribution in [0, 0.1) is 11.8 Å². The Hall–Kier alpha value is -1.06. The van der Waals surface area contributed by atoms with Crippen LogP contribution in [0.3, 0.4) is 0 Å². The molecule has 0 radical (unpaired) electrons.